The third-order valence-electron chi connectivity index (χ3n) is 4.65. The summed E-state index contributed by atoms with van der Waals surface area (Å²) in [6.45, 7) is 3.01. The molecule has 2 aromatic carbocycles. The quantitative estimate of drug-likeness (QED) is 0.788. The number of aryl methyl sites for hydroxylation is 1. The zero-order chi connectivity index (χ0) is 16.5. The van der Waals surface area contributed by atoms with E-state index in [1.54, 1.807) is 6.20 Å². The van der Waals surface area contributed by atoms with Crippen LogP contribution >= 0.6 is 0 Å². The number of nitrogens with zero attached hydrogens (tertiary/aromatic N) is 2. The maximum absolute atomic E-state index is 10.6. The fraction of sp³-hybridized carbons (Fsp3) is 0.190. The molecule has 120 valence electrons. The van der Waals surface area contributed by atoms with Crippen molar-refractivity contribution in [3.63, 3.8) is 0 Å². The van der Waals surface area contributed by atoms with Crippen molar-refractivity contribution in [2.24, 2.45) is 0 Å². The molecule has 0 saturated carbocycles. The molecule has 1 aromatic heterocycles. The van der Waals surface area contributed by atoms with E-state index in [2.05, 4.69) is 41.1 Å². The van der Waals surface area contributed by atoms with E-state index in [-0.39, 0.29) is 0 Å². The predicted molar refractivity (Wildman–Crippen MR) is 96.6 cm³/mol. The van der Waals surface area contributed by atoms with Gasteiger partial charge >= 0.3 is 0 Å². The van der Waals surface area contributed by atoms with E-state index < -0.39 is 6.10 Å². The fourth-order valence-electron chi connectivity index (χ4n) is 3.41. The predicted octanol–water partition coefficient (Wildman–Crippen LogP) is 4.17. The number of hydrogen-bond acceptors (Lipinski definition) is 3. The topological polar surface area (TPSA) is 36.4 Å². The lowest BCUT2D eigenvalue weighted by Crippen LogP contribution is -2.16. The lowest BCUT2D eigenvalue weighted by molar-refractivity contribution is 0.220. The van der Waals surface area contributed by atoms with E-state index in [9.17, 15) is 5.11 Å². The number of fused-ring (bicyclic) bond motifs is 1. The molecule has 1 aliphatic rings. The SMILES string of the molecule is Cc1cc([C@@H](O)c2ccccc2)cnc1N1CCc2ccccc21. The van der Waals surface area contributed by atoms with Gasteiger partial charge in [0.05, 0.1) is 0 Å². The number of rotatable bonds is 3. The Balaban J connectivity index is 1.66. The van der Waals surface area contributed by atoms with E-state index in [0.29, 0.717) is 0 Å². The molecule has 1 aliphatic heterocycles. The van der Waals surface area contributed by atoms with Gasteiger partial charge in [-0.15, -0.1) is 0 Å². The van der Waals surface area contributed by atoms with Crippen LogP contribution in [0, 0.1) is 6.92 Å². The second-order valence-corrected chi connectivity index (χ2v) is 6.25. The molecule has 3 heteroatoms. The molecule has 1 N–H and O–H groups in total. The molecule has 0 fully saturated rings. The number of aromatic nitrogens is 1. The van der Waals surface area contributed by atoms with Gasteiger partial charge in [-0.2, -0.15) is 0 Å². The van der Waals surface area contributed by atoms with E-state index in [1.807, 2.05) is 36.4 Å². The minimum Gasteiger partial charge on any atom is -0.384 e. The second kappa shape index (κ2) is 6.10. The molecule has 4 rings (SSSR count). The van der Waals surface area contributed by atoms with Crippen molar-refractivity contribution in [2.45, 2.75) is 19.4 Å². The van der Waals surface area contributed by atoms with Crippen LogP contribution in [-0.2, 0) is 6.42 Å². The van der Waals surface area contributed by atoms with Crippen molar-refractivity contribution < 1.29 is 5.11 Å². The van der Waals surface area contributed by atoms with Gasteiger partial charge in [0.25, 0.3) is 0 Å². The maximum Gasteiger partial charge on any atom is 0.135 e. The summed E-state index contributed by atoms with van der Waals surface area (Å²) in [6.07, 6.45) is 2.20. The number of aliphatic hydroxyl groups is 1. The van der Waals surface area contributed by atoms with Crippen LogP contribution in [0.25, 0.3) is 0 Å². The van der Waals surface area contributed by atoms with Gasteiger partial charge in [0.2, 0.25) is 0 Å². The van der Waals surface area contributed by atoms with E-state index >= 15 is 0 Å². The van der Waals surface area contributed by atoms with Gasteiger partial charge in [-0.05, 0) is 42.2 Å². The molecule has 3 aromatic rings. The average molecular weight is 316 g/mol. The van der Waals surface area contributed by atoms with Gasteiger partial charge in [-0.1, -0.05) is 48.5 Å². The van der Waals surface area contributed by atoms with Crippen LogP contribution in [0.4, 0.5) is 11.5 Å². The summed E-state index contributed by atoms with van der Waals surface area (Å²) in [5.41, 5.74) is 5.41. The van der Waals surface area contributed by atoms with Crippen molar-refractivity contribution in [3.05, 3.63) is 89.1 Å². The molecular weight excluding hydrogens is 296 g/mol. The number of anilines is 2. The highest BCUT2D eigenvalue weighted by molar-refractivity contribution is 5.69. The van der Waals surface area contributed by atoms with Crippen LogP contribution in [0.1, 0.15) is 28.4 Å². The average Bonchev–Trinajstić information content (AvgIpc) is 3.06. The summed E-state index contributed by atoms with van der Waals surface area (Å²) in [4.78, 5) is 6.94. The minimum absolute atomic E-state index is 0.641. The fourth-order valence-corrected chi connectivity index (χ4v) is 3.41. The van der Waals surface area contributed by atoms with Gasteiger partial charge in [0.15, 0.2) is 0 Å². The van der Waals surface area contributed by atoms with Gasteiger partial charge in [-0.25, -0.2) is 4.98 Å². The highest BCUT2D eigenvalue weighted by Gasteiger charge is 2.22. The first kappa shape index (κ1) is 14.9. The van der Waals surface area contributed by atoms with Gasteiger partial charge < -0.3 is 10.0 Å². The zero-order valence-electron chi connectivity index (χ0n) is 13.7. The monoisotopic (exact) mass is 316 g/mol. The Labute approximate surface area is 142 Å². The molecule has 0 spiro atoms. The molecule has 0 unspecified atom stereocenters. The standard InChI is InChI=1S/C21H20N2O/c1-15-13-18(20(24)17-8-3-2-4-9-17)14-22-21(15)23-12-11-16-7-5-6-10-19(16)23/h2-10,13-14,20,24H,11-12H2,1H3/t20-/m0/s1. The molecule has 0 radical (unpaired) electrons. The van der Waals surface area contributed by atoms with Gasteiger partial charge in [0.1, 0.15) is 11.9 Å². The lowest BCUT2D eigenvalue weighted by Gasteiger charge is -2.21. The number of benzene rings is 2. The summed E-state index contributed by atoms with van der Waals surface area (Å²) in [5, 5.41) is 10.6. The van der Waals surface area contributed by atoms with Gasteiger partial charge in [0, 0.05) is 24.0 Å². The first-order chi connectivity index (χ1) is 11.7. The van der Waals surface area contributed by atoms with Crippen LogP contribution in [0.5, 0.6) is 0 Å². The number of hydrogen-bond donors (Lipinski definition) is 1. The summed E-state index contributed by atoms with van der Waals surface area (Å²) >= 11 is 0. The number of para-hydroxylation sites is 1. The highest BCUT2D eigenvalue weighted by Crippen LogP contribution is 2.35. The van der Waals surface area contributed by atoms with Crippen LogP contribution in [0.2, 0.25) is 0 Å². The Morgan fingerprint density at radius 3 is 2.54 bits per heavy atom. The summed E-state index contributed by atoms with van der Waals surface area (Å²) in [5.74, 6) is 0.976. The Kier molecular flexibility index (Phi) is 3.79. The van der Waals surface area contributed by atoms with Crippen LogP contribution in [0.3, 0.4) is 0 Å². The Bertz CT molecular complexity index is 861. The largest absolute Gasteiger partial charge is 0.384 e. The van der Waals surface area contributed by atoms with Crippen LogP contribution < -0.4 is 4.90 Å². The molecule has 0 aliphatic carbocycles. The summed E-state index contributed by atoms with van der Waals surface area (Å²) in [7, 11) is 0. The first-order valence-corrected chi connectivity index (χ1v) is 8.29. The Morgan fingerprint density at radius 1 is 1.00 bits per heavy atom. The van der Waals surface area contributed by atoms with Crippen molar-refractivity contribution in [1.82, 2.24) is 4.98 Å². The molecule has 0 bridgehead atoms. The maximum atomic E-state index is 10.6. The highest BCUT2D eigenvalue weighted by atomic mass is 16.3. The first-order valence-electron chi connectivity index (χ1n) is 8.29. The molecular formula is C21H20N2O. The van der Waals surface area contributed by atoms with Crippen molar-refractivity contribution in [1.29, 1.82) is 0 Å². The molecule has 1 atom stereocenters. The molecule has 3 nitrogen and oxygen atoms in total. The Hall–Kier alpha value is -2.65. The third kappa shape index (κ3) is 2.57. The molecule has 24 heavy (non-hydrogen) atoms. The van der Waals surface area contributed by atoms with Gasteiger partial charge in [-0.3, -0.25) is 0 Å². The van der Waals surface area contributed by atoms with E-state index in [1.165, 1.54) is 11.3 Å². The normalized spacial score (nSPS) is 14.5. The lowest BCUT2D eigenvalue weighted by atomic mass is 10.0. The number of pyridine rings is 1. The Morgan fingerprint density at radius 2 is 1.75 bits per heavy atom. The van der Waals surface area contributed by atoms with Crippen LogP contribution in [0.15, 0.2) is 66.9 Å². The van der Waals surface area contributed by atoms with Crippen molar-refractivity contribution >= 4 is 11.5 Å². The molecule has 0 saturated heterocycles. The smallest absolute Gasteiger partial charge is 0.135 e. The minimum atomic E-state index is -0.641. The third-order valence-corrected chi connectivity index (χ3v) is 4.65. The van der Waals surface area contributed by atoms with Crippen LogP contribution in [-0.4, -0.2) is 16.6 Å². The molecule has 2 heterocycles. The number of aliphatic hydroxyl groups excluding tert-OH is 1. The second-order valence-electron chi connectivity index (χ2n) is 6.25. The van der Waals surface area contributed by atoms with Crippen molar-refractivity contribution in [3.8, 4) is 0 Å². The van der Waals surface area contributed by atoms with E-state index in [4.69, 9.17) is 0 Å². The summed E-state index contributed by atoms with van der Waals surface area (Å²) < 4.78 is 0. The summed E-state index contributed by atoms with van der Waals surface area (Å²) in [6, 6.07) is 20.2. The van der Waals surface area contributed by atoms with E-state index in [0.717, 1.165) is 35.5 Å². The zero-order valence-corrected chi connectivity index (χ0v) is 13.7. The van der Waals surface area contributed by atoms with Crippen molar-refractivity contribution in [2.75, 3.05) is 11.4 Å². The molecule has 0 amide bonds.